The summed E-state index contributed by atoms with van der Waals surface area (Å²) in [5, 5.41) is 10.9. The van der Waals surface area contributed by atoms with Gasteiger partial charge in [-0.2, -0.15) is 4.98 Å². The van der Waals surface area contributed by atoms with Crippen molar-refractivity contribution in [1.82, 2.24) is 29.5 Å². The van der Waals surface area contributed by atoms with E-state index in [2.05, 4.69) is 24.9 Å². The zero-order valence-electron chi connectivity index (χ0n) is 20.6. The number of fused-ring (bicyclic) bond motifs is 4. The zero-order valence-corrected chi connectivity index (χ0v) is 22.4. The van der Waals surface area contributed by atoms with Gasteiger partial charge in [-0.05, 0) is 0 Å². The molecule has 3 aliphatic rings. The van der Waals surface area contributed by atoms with E-state index >= 15 is 0 Å². The number of aromatic amines is 1. The average Bonchev–Trinajstić information content (AvgIpc) is 3.57. The number of phosphoric acid groups is 2. The SMILES string of the molecule is Nc1nc2c(ncn2[C@@H]2O[C@@H]3COP(=O)(O)O[C@H]4C[C@H](Oc5cnccn5)O[C@@H]4COP(=O)(O)O[C@@H]2[C@@H]3O)c(=O)[nH]1. The van der Waals surface area contributed by atoms with Crippen LogP contribution in [0.2, 0.25) is 0 Å². The molecule has 0 spiro atoms. The summed E-state index contributed by atoms with van der Waals surface area (Å²) in [6.45, 7) is -1.39. The fourth-order valence-electron chi connectivity index (χ4n) is 4.54. The lowest BCUT2D eigenvalue weighted by atomic mass is 10.1. The molecule has 0 saturated carbocycles. The number of ether oxygens (including phenoxy) is 3. The van der Waals surface area contributed by atoms with Crippen molar-refractivity contribution in [3.8, 4) is 5.88 Å². The molecule has 3 aromatic heterocycles. The molecule has 41 heavy (non-hydrogen) atoms. The molecule has 22 heteroatoms. The van der Waals surface area contributed by atoms with Crippen molar-refractivity contribution < 1.29 is 56.3 Å². The van der Waals surface area contributed by atoms with Gasteiger partial charge >= 0.3 is 15.6 Å². The van der Waals surface area contributed by atoms with Gasteiger partial charge in [0.1, 0.15) is 30.5 Å². The molecular formula is C19H23N7O13P2. The third kappa shape index (κ3) is 5.90. The van der Waals surface area contributed by atoms with E-state index in [4.69, 9.17) is 38.0 Å². The Hall–Kier alpha value is -2.87. The number of nitrogen functional groups attached to an aromatic ring is 1. The first-order valence-electron chi connectivity index (χ1n) is 11.9. The summed E-state index contributed by atoms with van der Waals surface area (Å²) in [7, 11) is -9.81. The smallest absolute Gasteiger partial charge is 0.447 e. The molecule has 0 amide bonds. The quantitative estimate of drug-likeness (QED) is 0.219. The molecule has 0 radical (unpaired) electrons. The van der Waals surface area contributed by atoms with E-state index in [0.29, 0.717) is 0 Å². The maximum absolute atomic E-state index is 13.0. The van der Waals surface area contributed by atoms with Gasteiger partial charge in [-0.25, -0.2) is 19.1 Å². The monoisotopic (exact) mass is 619 g/mol. The van der Waals surface area contributed by atoms with E-state index in [1.807, 2.05) is 0 Å². The lowest BCUT2D eigenvalue weighted by Crippen LogP contribution is -2.35. The molecule has 6 heterocycles. The van der Waals surface area contributed by atoms with Gasteiger partial charge < -0.3 is 34.8 Å². The van der Waals surface area contributed by atoms with Crippen LogP contribution in [0, 0.1) is 0 Å². The van der Waals surface area contributed by atoms with Gasteiger partial charge in [-0.15, -0.1) is 0 Å². The van der Waals surface area contributed by atoms with Gasteiger partial charge in [0.2, 0.25) is 18.1 Å². The second kappa shape index (κ2) is 10.8. The van der Waals surface area contributed by atoms with Crippen LogP contribution in [-0.4, -0.2) is 94.4 Å². The molecule has 2 bridgehead atoms. The largest absolute Gasteiger partial charge is 0.472 e. The first kappa shape index (κ1) is 28.3. The third-order valence-corrected chi connectivity index (χ3v) is 8.32. The summed E-state index contributed by atoms with van der Waals surface area (Å²) in [5.41, 5.74) is 4.72. The van der Waals surface area contributed by atoms with Crippen LogP contribution in [0.5, 0.6) is 5.88 Å². The average molecular weight is 619 g/mol. The number of imidazole rings is 1. The maximum Gasteiger partial charge on any atom is 0.472 e. The Morgan fingerprint density at radius 1 is 1.05 bits per heavy atom. The Morgan fingerprint density at radius 2 is 1.80 bits per heavy atom. The third-order valence-electron chi connectivity index (χ3n) is 6.32. The predicted octanol–water partition coefficient (Wildman–Crippen LogP) is -1.04. The number of hydrogen-bond acceptors (Lipinski definition) is 16. The highest BCUT2D eigenvalue weighted by atomic mass is 31.2. The van der Waals surface area contributed by atoms with Crippen LogP contribution < -0.4 is 16.0 Å². The Bertz CT molecular complexity index is 1570. The highest BCUT2D eigenvalue weighted by Crippen LogP contribution is 2.53. The first-order chi connectivity index (χ1) is 19.5. The highest BCUT2D eigenvalue weighted by molar-refractivity contribution is 7.47. The van der Waals surface area contributed by atoms with Crippen molar-refractivity contribution in [2.45, 2.75) is 49.5 Å². The number of nitrogens with two attached hydrogens (primary N) is 1. The van der Waals surface area contributed by atoms with Crippen LogP contribution in [0.1, 0.15) is 12.6 Å². The van der Waals surface area contributed by atoms with E-state index in [1.54, 1.807) is 0 Å². The zero-order chi connectivity index (χ0) is 28.9. The standard InChI is InChI=1S/C19H23N7O13P2/c20-19-24-16-13(17(28)25-19)23-7-26(16)18-15-14(27)10(36-18)6-34-40(29,30)38-8-3-12(37-11-4-21-1-2-22-11)35-9(8)5-33-41(31,32)39-15/h1-2,4,7-10,12,14-15,18,27H,3,5-6H2,(H,29,30)(H,31,32)(H3,20,24,25,28)/t8-,9+,10+,12-,14+,15+,18+/m0/s1. The molecule has 3 aromatic rings. The summed E-state index contributed by atoms with van der Waals surface area (Å²) in [6.07, 6.45) is -4.53. The molecule has 3 saturated heterocycles. The van der Waals surface area contributed by atoms with Gasteiger partial charge in [-0.3, -0.25) is 37.4 Å². The summed E-state index contributed by atoms with van der Waals surface area (Å²) in [4.78, 5) is 51.3. The minimum Gasteiger partial charge on any atom is -0.447 e. The van der Waals surface area contributed by atoms with Crippen LogP contribution in [0.3, 0.4) is 0 Å². The molecule has 2 unspecified atom stereocenters. The second-order valence-corrected chi connectivity index (χ2v) is 11.9. The number of aliphatic hydroxyl groups is 1. The summed E-state index contributed by atoms with van der Waals surface area (Å²) in [6, 6.07) is 0. The Balaban J connectivity index is 1.28. The molecule has 6 N–H and O–H groups in total. The number of nitrogens with zero attached hydrogens (tertiary/aromatic N) is 5. The number of aliphatic hydroxyl groups excluding tert-OH is 1. The van der Waals surface area contributed by atoms with Crippen molar-refractivity contribution in [2.75, 3.05) is 18.9 Å². The fraction of sp³-hybridized carbons (Fsp3) is 0.526. The molecule has 20 nitrogen and oxygen atoms in total. The van der Waals surface area contributed by atoms with Crippen molar-refractivity contribution >= 4 is 32.8 Å². The number of phosphoric ester groups is 2. The minimum atomic E-state index is -4.98. The number of rotatable bonds is 3. The van der Waals surface area contributed by atoms with E-state index < -0.39 is 77.5 Å². The molecule has 6 rings (SSSR count). The van der Waals surface area contributed by atoms with Crippen molar-refractivity contribution in [3.05, 3.63) is 35.3 Å². The number of anilines is 1. The number of H-pyrrole nitrogens is 1. The summed E-state index contributed by atoms with van der Waals surface area (Å²) >= 11 is 0. The van der Waals surface area contributed by atoms with Crippen LogP contribution in [-0.2, 0) is 36.7 Å². The first-order valence-corrected chi connectivity index (χ1v) is 14.9. The Morgan fingerprint density at radius 3 is 2.56 bits per heavy atom. The number of aromatic nitrogens is 6. The van der Waals surface area contributed by atoms with Gasteiger partial charge in [0.25, 0.3) is 5.56 Å². The normalized spacial score (nSPS) is 38.1. The number of hydrogen-bond donors (Lipinski definition) is 5. The van der Waals surface area contributed by atoms with Crippen LogP contribution in [0.4, 0.5) is 5.95 Å². The summed E-state index contributed by atoms with van der Waals surface area (Å²) < 4.78 is 64.8. The second-order valence-electron chi connectivity index (χ2n) is 9.07. The lowest BCUT2D eigenvalue weighted by molar-refractivity contribution is -0.0977. The van der Waals surface area contributed by atoms with E-state index in [-0.39, 0.29) is 29.4 Å². The topological polar surface area (TPSA) is 275 Å². The van der Waals surface area contributed by atoms with Gasteiger partial charge in [0, 0.05) is 18.8 Å². The van der Waals surface area contributed by atoms with E-state index in [1.165, 1.54) is 18.6 Å². The van der Waals surface area contributed by atoms with Gasteiger partial charge in [-0.1, -0.05) is 0 Å². The van der Waals surface area contributed by atoms with Gasteiger partial charge in [0.05, 0.1) is 25.7 Å². The Labute approximate surface area is 228 Å². The van der Waals surface area contributed by atoms with Crippen LogP contribution >= 0.6 is 15.6 Å². The molecule has 9 atom stereocenters. The molecular weight excluding hydrogens is 596 g/mol. The highest BCUT2D eigenvalue weighted by Gasteiger charge is 2.52. The number of nitrogens with one attached hydrogen (secondary N) is 1. The Kier molecular flexibility index (Phi) is 7.41. The molecule has 222 valence electrons. The molecule has 0 aliphatic carbocycles. The van der Waals surface area contributed by atoms with E-state index in [0.717, 1.165) is 10.9 Å². The van der Waals surface area contributed by atoms with Crippen molar-refractivity contribution in [1.29, 1.82) is 0 Å². The van der Waals surface area contributed by atoms with Crippen molar-refractivity contribution in [3.63, 3.8) is 0 Å². The molecule has 3 fully saturated rings. The van der Waals surface area contributed by atoms with Crippen LogP contribution in [0.15, 0.2) is 29.7 Å². The lowest BCUT2D eigenvalue weighted by Gasteiger charge is -2.25. The van der Waals surface area contributed by atoms with E-state index in [9.17, 15) is 28.8 Å². The summed E-state index contributed by atoms with van der Waals surface area (Å²) in [5.74, 6) is -0.171. The fourth-order valence-corrected chi connectivity index (χ4v) is 6.43. The molecule has 3 aliphatic heterocycles. The van der Waals surface area contributed by atoms with Gasteiger partial charge in [0.15, 0.2) is 17.4 Å². The minimum absolute atomic E-state index is 0.0887. The molecule has 0 aromatic carbocycles. The van der Waals surface area contributed by atoms with Crippen molar-refractivity contribution in [2.24, 2.45) is 0 Å². The van der Waals surface area contributed by atoms with Crippen LogP contribution in [0.25, 0.3) is 11.2 Å². The maximum atomic E-state index is 13.0. The predicted molar refractivity (Wildman–Crippen MR) is 130 cm³/mol.